The molecule has 150 valence electrons. The molecule has 28 heavy (non-hydrogen) atoms. The molecule has 0 radical (unpaired) electrons. The van der Waals surface area contributed by atoms with Crippen LogP contribution in [0.2, 0.25) is 0 Å². The highest BCUT2D eigenvalue weighted by Gasteiger charge is 2.22. The molecule has 0 atom stereocenters. The Morgan fingerprint density at radius 2 is 1.75 bits per heavy atom. The summed E-state index contributed by atoms with van der Waals surface area (Å²) in [5, 5.41) is 0. The van der Waals surface area contributed by atoms with Gasteiger partial charge in [-0.25, -0.2) is 0 Å². The minimum atomic E-state index is 0.0573. The van der Waals surface area contributed by atoms with Gasteiger partial charge in [0.15, 0.2) is 6.61 Å². The molecule has 0 aromatic heterocycles. The van der Waals surface area contributed by atoms with Gasteiger partial charge in [0.05, 0.1) is 0 Å². The zero-order valence-corrected chi connectivity index (χ0v) is 17.4. The van der Waals surface area contributed by atoms with Gasteiger partial charge < -0.3 is 19.4 Å². The van der Waals surface area contributed by atoms with Gasteiger partial charge >= 0.3 is 0 Å². The van der Waals surface area contributed by atoms with Crippen molar-refractivity contribution in [2.45, 2.75) is 20.4 Å². The minimum absolute atomic E-state index is 0.0573. The first-order valence-electron chi connectivity index (χ1n) is 9.89. The van der Waals surface area contributed by atoms with Gasteiger partial charge in [-0.05, 0) is 62.8 Å². The first-order chi connectivity index (χ1) is 13.4. The summed E-state index contributed by atoms with van der Waals surface area (Å²) in [6, 6.07) is 14.6. The molecule has 1 saturated heterocycles. The summed E-state index contributed by atoms with van der Waals surface area (Å²) < 4.78 is 5.79. The lowest BCUT2D eigenvalue weighted by Gasteiger charge is -2.36. The lowest BCUT2D eigenvalue weighted by Crippen LogP contribution is -2.50. The molecule has 2 aromatic carbocycles. The number of ether oxygens (including phenoxy) is 1. The fourth-order valence-corrected chi connectivity index (χ4v) is 3.54. The van der Waals surface area contributed by atoms with Crippen molar-refractivity contribution in [2.75, 3.05) is 51.8 Å². The molecule has 0 saturated carbocycles. The monoisotopic (exact) mass is 381 g/mol. The Morgan fingerprint density at radius 1 is 1.04 bits per heavy atom. The van der Waals surface area contributed by atoms with Crippen molar-refractivity contribution in [2.24, 2.45) is 0 Å². The molecule has 0 N–H and O–H groups in total. The third kappa shape index (κ3) is 5.04. The first kappa shape index (κ1) is 20.2. The zero-order chi connectivity index (χ0) is 20.1. The second-order valence-corrected chi connectivity index (χ2v) is 7.76. The number of carbonyl (C=O) groups excluding carboxylic acids is 1. The van der Waals surface area contributed by atoms with Crippen molar-refractivity contribution >= 4 is 11.6 Å². The predicted molar refractivity (Wildman–Crippen MR) is 114 cm³/mol. The average molecular weight is 382 g/mol. The Morgan fingerprint density at radius 3 is 2.46 bits per heavy atom. The molecule has 1 heterocycles. The van der Waals surface area contributed by atoms with Crippen LogP contribution in [0.4, 0.5) is 5.69 Å². The van der Waals surface area contributed by atoms with E-state index in [-0.39, 0.29) is 12.5 Å². The van der Waals surface area contributed by atoms with Crippen LogP contribution in [0.3, 0.4) is 0 Å². The van der Waals surface area contributed by atoms with Crippen LogP contribution < -0.4 is 9.64 Å². The molecule has 2 aromatic rings. The van der Waals surface area contributed by atoms with E-state index in [1.54, 1.807) is 0 Å². The van der Waals surface area contributed by atoms with E-state index < -0.39 is 0 Å². The lowest BCUT2D eigenvalue weighted by atomic mass is 10.1. The number of carbonyl (C=O) groups is 1. The van der Waals surface area contributed by atoms with Crippen molar-refractivity contribution in [3.63, 3.8) is 0 Å². The van der Waals surface area contributed by atoms with Crippen molar-refractivity contribution in [3.05, 3.63) is 59.2 Å². The van der Waals surface area contributed by atoms with Crippen molar-refractivity contribution in [3.8, 4) is 5.75 Å². The van der Waals surface area contributed by atoms with E-state index in [0.717, 1.165) is 44.0 Å². The molecule has 0 bridgehead atoms. The third-order valence-electron chi connectivity index (χ3n) is 5.31. The standard InChI is InChI=1S/C23H31N3O2/c1-18-7-5-10-22(19(18)2)28-17-23(27)26-13-11-25(12-14-26)21-9-6-8-20(15-21)16-24(3)4/h5-10,15H,11-14,16-17H2,1-4H3. The van der Waals surface area contributed by atoms with Gasteiger partial charge in [-0.3, -0.25) is 4.79 Å². The Labute approximate surface area is 168 Å². The van der Waals surface area contributed by atoms with Gasteiger partial charge in [-0.1, -0.05) is 24.3 Å². The molecule has 0 aliphatic carbocycles. The lowest BCUT2D eigenvalue weighted by molar-refractivity contribution is -0.133. The molecule has 5 nitrogen and oxygen atoms in total. The molecule has 0 spiro atoms. The molecule has 5 heteroatoms. The molecule has 1 amide bonds. The minimum Gasteiger partial charge on any atom is -0.483 e. The van der Waals surface area contributed by atoms with Crippen molar-refractivity contribution < 1.29 is 9.53 Å². The molecule has 3 rings (SSSR count). The van der Waals surface area contributed by atoms with Crippen LogP contribution in [-0.2, 0) is 11.3 Å². The van der Waals surface area contributed by atoms with Crippen LogP contribution in [-0.4, -0.2) is 62.6 Å². The molecular formula is C23H31N3O2. The van der Waals surface area contributed by atoms with Crippen LogP contribution in [0.5, 0.6) is 5.75 Å². The maximum Gasteiger partial charge on any atom is 0.260 e. The molecule has 1 aliphatic rings. The Bertz CT molecular complexity index is 811. The van der Waals surface area contributed by atoms with Crippen LogP contribution in [0.25, 0.3) is 0 Å². The zero-order valence-electron chi connectivity index (χ0n) is 17.4. The number of aryl methyl sites for hydroxylation is 1. The summed E-state index contributed by atoms with van der Waals surface area (Å²) in [6.07, 6.45) is 0. The SMILES string of the molecule is Cc1cccc(OCC(=O)N2CCN(c3cccc(CN(C)C)c3)CC2)c1C. The molecule has 1 aliphatic heterocycles. The van der Waals surface area contributed by atoms with Gasteiger partial charge in [0.2, 0.25) is 0 Å². The number of hydrogen-bond acceptors (Lipinski definition) is 4. The van der Waals surface area contributed by atoms with E-state index in [4.69, 9.17) is 4.74 Å². The predicted octanol–water partition coefficient (Wildman–Crippen LogP) is 3.09. The number of nitrogens with zero attached hydrogens (tertiary/aromatic N) is 3. The smallest absolute Gasteiger partial charge is 0.260 e. The fraction of sp³-hybridized carbons (Fsp3) is 0.435. The highest BCUT2D eigenvalue weighted by atomic mass is 16.5. The molecule has 1 fully saturated rings. The molecular weight excluding hydrogens is 350 g/mol. The van der Waals surface area contributed by atoms with Crippen LogP contribution in [0.15, 0.2) is 42.5 Å². The average Bonchev–Trinajstić information content (AvgIpc) is 2.69. The fourth-order valence-electron chi connectivity index (χ4n) is 3.54. The van der Waals surface area contributed by atoms with Crippen LogP contribution in [0, 0.1) is 13.8 Å². The Hall–Kier alpha value is -2.53. The summed E-state index contributed by atoms with van der Waals surface area (Å²) in [5.74, 6) is 0.853. The van der Waals surface area contributed by atoms with Gasteiger partial charge in [0, 0.05) is 38.4 Å². The highest BCUT2D eigenvalue weighted by Crippen LogP contribution is 2.21. The summed E-state index contributed by atoms with van der Waals surface area (Å²) >= 11 is 0. The van der Waals surface area contributed by atoms with Crippen LogP contribution >= 0.6 is 0 Å². The molecule has 0 unspecified atom stereocenters. The number of amides is 1. The van der Waals surface area contributed by atoms with E-state index in [9.17, 15) is 4.79 Å². The second kappa shape index (κ2) is 9.11. The normalized spacial score (nSPS) is 14.5. The summed E-state index contributed by atoms with van der Waals surface area (Å²) in [4.78, 5) is 19.0. The Balaban J connectivity index is 1.52. The maximum atomic E-state index is 12.6. The van der Waals surface area contributed by atoms with Crippen molar-refractivity contribution in [1.29, 1.82) is 0 Å². The highest BCUT2D eigenvalue weighted by molar-refractivity contribution is 5.78. The number of hydrogen-bond donors (Lipinski definition) is 0. The van der Waals surface area contributed by atoms with Gasteiger partial charge in [0.1, 0.15) is 5.75 Å². The van der Waals surface area contributed by atoms with E-state index in [1.807, 2.05) is 24.0 Å². The first-order valence-corrected chi connectivity index (χ1v) is 9.89. The van der Waals surface area contributed by atoms with Crippen molar-refractivity contribution in [1.82, 2.24) is 9.80 Å². The quantitative estimate of drug-likeness (QED) is 0.770. The largest absolute Gasteiger partial charge is 0.483 e. The third-order valence-corrected chi connectivity index (χ3v) is 5.31. The number of benzene rings is 2. The topological polar surface area (TPSA) is 36.0 Å². The van der Waals surface area contributed by atoms with Gasteiger partial charge in [-0.15, -0.1) is 0 Å². The van der Waals surface area contributed by atoms with E-state index >= 15 is 0 Å². The number of anilines is 1. The summed E-state index contributed by atoms with van der Waals surface area (Å²) in [7, 11) is 4.16. The van der Waals surface area contributed by atoms with E-state index in [0.29, 0.717) is 0 Å². The van der Waals surface area contributed by atoms with E-state index in [1.165, 1.54) is 16.8 Å². The number of piperazine rings is 1. The number of rotatable bonds is 6. The summed E-state index contributed by atoms with van der Waals surface area (Å²) in [5.41, 5.74) is 4.81. The van der Waals surface area contributed by atoms with Crippen LogP contribution in [0.1, 0.15) is 16.7 Å². The Kier molecular flexibility index (Phi) is 6.57. The van der Waals surface area contributed by atoms with Gasteiger partial charge in [-0.2, -0.15) is 0 Å². The van der Waals surface area contributed by atoms with E-state index in [2.05, 4.69) is 61.2 Å². The van der Waals surface area contributed by atoms with Gasteiger partial charge in [0.25, 0.3) is 5.91 Å². The second-order valence-electron chi connectivity index (χ2n) is 7.76. The maximum absolute atomic E-state index is 12.6. The summed E-state index contributed by atoms with van der Waals surface area (Å²) in [6.45, 7) is 8.26.